The van der Waals surface area contributed by atoms with E-state index in [-0.39, 0.29) is 5.25 Å². The van der Waals surface area contributed by atoms with Crippen molar-refractivity contribution in [2.75, 3.05) is 0 Å². The molecule has 0 bridgehead atoms. The van der Waals surface area contributed by atoms with E-state index in [1.165, 1.54) is 0 Å². The van der Waals surface area contributed by atoms with E-state index in [4.69, 9.17) is 4.84 Å². The number of hydrogen-bond donors (Lipinski definition) is 1. The van der Waals surface area contributed by atoms with Crippen LogP contribution < -0.4 is 4.89 Å². The SMILES string of the molecule is CC(C)(C)ONS(=O)(=O)C1CC1. The summed E-state index contributed by atoms with van der Waals surface area (Å²) in [6.07, 6.45) is 1.51. The van der Waals surface area contributed by atoms with Gasteiger partial charge in [-0.1, -0.05) is 4.89 Å². The van der Waals surface area contributed by atoms with Gasteiger partial charge in [-0.2, -0.15) is 0 Å². The Balaban J connectivity index is 2.41. The molecule has 0 spiro atoms. The fraction of sp³-hybridized carbons (Fsp3) is 1.00. The molecule has 0 aromatic carbocycles. The summed E-state index contributed by atoms with van der Waals surface area (Å²) in [5.41, 5.74) is -0.470. The summed E-state index contributed by atoms with van der Waals surface area (Å²) in [5.74, 6) is 0. The van der Waals surface area contributed by atoms with Gasteiger partial charge in [0.05, 0.1) is 10.9 Å². The molecular formula is C7H15NO3S. The van der Waals surface area contributed by atoms with Gasteiger partial charge in [-0.05, 0) is 33.6 Å². The molecular weight excluding hydrogens is 178 g/mol. The van der Waals surface area contributed by atoms with E-state index in [1.807, 2.05) is 0 Å². The van der Waals surface area contributed by atoms with E-state index in [2.05, 4.69) is 4.89 Å². The molecule has 5 heteroatoms. The number of rotatable bonds is 3. The van der Waals surface area contributed by atoms with Crippen LogP contribution in [0.4, 0.5) is 0 Å². The molecule has 4 nitrogen and oxygen atoms in total. The maximum atomic E-state index is 11.2. The normalized spacial score (nSPS) is 19.6. The Morgan fingerprint density at radius 3 is 2.17 bits per heavy atom. The third-order valence-corrected chi connectivity index (χ3v) is 3.09. The molecule has 0 saturated heterocycles. The quantitative estimate of drug-likeness (QED) is 0.674. The molecule has 0 atom stereocenters. The summed E-state index contributed by atoms with van der Waals surface area (Å²) in [4.78, 5) is 7.09. The van der Waals surface area contributed by atoms with Crippen molar-refractivity contribution < 1.29 is 13.3 Å². The average Bonchev–Trinajstić information content (AvgIpc) is 2.62. The predicted molar refractivity (Wildman–Crippen MR) is 45.9 cm³/mol. The second kappa shape index (κ2) is 2.97. The van der Waals surface area contributed by atoms with Gasteiger partial charge in [-0.25, -0.2) is 8.42 Å². The minimum absolute atomic E-state index is 0.222. The summed E-state index contributed by atoms with van der Waals surface area (Å²) < 4.78 is 22.4. The first-order valence-electron chi connectivity index (χ1n) is 4.00. The van der Waals surface area contributed by atoms with Crippen LogP contribution in [-0.4, -0.2) is 19.3 Å². The van der Waals surface area contributed by atoms with Crippen molar-refractivity contribution >= 4 is 10.0 Å². The standard InChI is InChI=1S/C7H15NO3S/c1-7(2,3)11-8-12(9,10)6-4-5-6/h6,8H,4-5H2,1-3H3. The summed E-state index contributed by atoms with van der Waals surface area (Å²) in [5, 5.41) is -0.222. The van der Waals surface area contributed by atoms with Crippen molar-refractivity contribution in [1.29, 1.82) is 0 Å². The molecule has 1 aliphatic rings. The highest BCUT2D eigenvalue weighted by molar-refractivity contribution is 7.90. The molecule has 1 fully saturated rings. The Hall–Kier alpha value is -0.130. The first kappa shape index (κ1) is 9.95. The van der Waals surface area contributed by atoms with Gasteiger partial charge < -0.3 is 0 Å². The van der Waals surface area contributed by atoms with Crippen LogP contribution >= 0.6 is 0 Å². The van der Waals surface area contributed by atoms with E-state index in [0.717, 1.165) is 12.8 Å². The summed E-state index contributed by atoms with van der Waals surface area (Å²) in [7, 11) is -3.19. The minimum Gasteiger partial charge on any atom is -0.281 e. The molecule has 12 heavy (non-hydrogen) atoms. The van der Waals surface area contributed by atoms with Crippen molar-refractivity contribution in [3.05, 3.63) is 0 Å². The van der Waals surface area contributed by atoms with E-state index >= 15 is 0 Å². The van der Waals surface area contributed by atoms with E-state index < -0.39 is 15.6 Å². The Morgan fingerprint density at radius 2 is 1.83 bits per heavy atom. The fourth-order valence-corrected chi connectivity index (χ4v) is 1.89. The average molecular weight is 193 g/mol. The van der Waals surface area contributed by atoms with Crippen LogP contribution in [0.15, 0.2) is 0 Å². The van der Waals surface area contributed by atoms with Gasteiger partial charge in [0.25, 0.3) is 0 Å². The molecule has 1 saturated carbocycles. The maximum Gasteiger partial charge on any atom is 0.236 e. The highest BCUT2D eigenvalue weighted by Crippen LogP contribution is 2.27. The van der Waals surface area contributed by atoms with Crippen LogP contribution in [0, 0.1) is 0 Å². The van der Waals surface area contributed by atoms with Crippen LogP contribution in [0.2, 0.25) is 0 Å². The van der Waals surface area contributed by atoms with Gasteiger partial charge >= 0.3 is 0 Å². The molecule has 0 unspecified atom stereocenters. The monoisotopic (exact) mass is 193 g/mol. The molecule has 0 aromatic heterocycles. The zero-order valence-corrected chi connectivity index (χ0v) is 8.44. The lowest BCUT2D eigenvalue weighted by molar-refractivity contribution is -0.0358. The molecule has 72 valence electrons. The zero-order valence-electron chi connectivity index (χ0n) is 7.62. The number of nitrogens with one attached hydrogen (secondary N) is 1. The van der Waals surface area contributed by atoms with E-state index in [9.17, 15) is 8.42 Å². The van der Waals surface area contributed by atoms with Crippen molar-refractivity contribution in [1.82, 2.24) is 4.89 Å². The van der Waals surface area contributed by atoms with Gasteiger partial charge in [0.1, 0.15) is 0 Å². The second-order valence-electron chi connectivity index (χ2n) is 4.04. The van der Waals surface area contributed by atoms with Gasteiger partial charge in [0.15, 0.2) is 0 Å². The maximum absolute atomic E-state index is 11.2. The Kier molecular flexibility index (Phi) is 2.47. The van der Waals surface area contributed by atoms with Gasteiger partial charge in [0, 0.05) is 0 Å². The molecule has 0 amide bonds. The first-order chi connectivity index (χ1) is 5.31. The largest absolute Gasteiger partial charge is 0.281 e. The zero-order chi connectivity index (χ0) is 9.41. The lowest BCUT2D eigenvalue weighted by Gasteiger charge is -2.18. The van der Waals surface area contributed by atoms with Crippen molar-refractivity contribution in [2.45, 2.75) is 44.5 Å². The number of sulfonamides is 1. The summed E-state index contributed by atoms with van der Waals surface area (Å²) in [6.45, 7) is 5.38. The van der Waals surface area contributed by atoms with Crippen LogP contribution in [0.25, 0.3) is 0 Å². The molecule has 1 N–H and O–H groups in total. The van der Waals surface area contributed by atoms with Gasteiger partial charge in [-0.15, -0.1) is 0 Å². The molecule has 0 aromatic rings. The van der Waals surface area contributed by atoms with Crippen LogP contribution in [-0.2, 0) is 14.9 Å². The fourth-order valence-electron chi connectivity index (χ4n) is 0.629. The number of hydrogen-bond acceptors (Lipinski definition) is 3. The van der Waals surface area contributed by atoms with Crippen LogP contribution in [0.3, 0.4) is 0 Å². The van der Waals surface area contributed by atoms with Crippen LogP contribution in [0.5, 0.6) is 0 Å². The highest BCUT2D eigenvalue weighted by atomic mass is 32.2. The van der Waals surface area contributed by atoms with Crippen molar-refractivity contribution in [3.63, 3.8) is 0 Å². The summed E-state index contributed by atoms with van der Waals surface area (Å²) >= 11 is 0. The van der Waals surface area contributed by atoms with Crippen molar-refractivity contribution in [3.8, 4) is 0 Å². The molecule has 0 aliphatic heterocycles. The predicted octanol–water partition coefficient (Wildman–Crippen LogP) is 0.798. The molecule has 0 radical (unpaired) electrons. The molecule has 1 rings (SSSR count). The molecule has 0 heterocycles. The smallest absolute Gasteiger partial charge is 0.236 e. The topological polar surface area (TPSA) is 55.4 Å². The Labute approximate surface area is 73.3 Å². The van der Waals surface area contributed by atoms with E-state index in [0.29, 0.717) is 0 Å². The lowest BCUT2D eigenvalue weighted by Crippen LogP contribution is -2.35. The van der Waals surface area contributed by atoms with Gasteiger partial charge in [-0.3, -0.25) is 4.84 Å². The van der Waals surface area contributed by atoms with Gasteiger partial charge in [0.2, 0.25) is 10.0 Å². The van der Waals surface area contributed by atoms with E-state index in [1.54, 1.807) is 20.8 Å². The Bertz CT molecular complexity index is 248. The van der Waals surface area contributed by atoms with Crippen molar-refractivity contribution in [2.24, 2.45) is 0 Å². The third-order valence-electron chi connectivity index (χ3n) is 1.43. The third kappa shape index (κ3) is 3.08. The van der Waals surface area contributed by atoms with Crippen LogP contribution in [0.1, 0.15) is 33.6 Å². The highest BCUT2D eigenvalue weighted by Gasteiger charge is 2.36. The first-order valence-corrected chi connectivity index (χ1v) is 5.54. The Morgan fingerprint density at radius 1 is 1.33 bits per heavy atom. The second-order valence-corrected chi connectivity index (χ2v) is 5.97. The summed E-state index contributed by atoms with van der Waals surface area (Å²) in [6, 6.07) is 0. The molecule has 1 aliphatic carbocycles. The minimum atomic E-state index is -3.19. The lowest BCUT2D eigenvalue weighted by atomic mass is 10.2.